The standard InChI is InChI=1S/C13H18BrFN2/c1-2-16-11-5-7-17(8-6-11)13-9-10(15)3-4-12(13)14/h3-4,9,11,16H,2,5-8H2,1H3. The summed E-state index contributed by atoms with van der Waals surface area (Å²) in [6.45, 7) is 5.13. The van der Waals surface area contributed by atoms with Crippen LogP contribution in [0.5, 0.6) is 0 Å². The fourth-order valence-corrected chi connectivity index (χ4v) is 2.84. The molecule has 0 saturated carbocycles. The third-order valence-electron chi connectivity index (χ3n) is 3.24. The number of hydrogen-bond acceptors (Lipinski definition) is 2. The molecule has 1 N–H and O–H groups in total. The van der Waals surface area contributed by atoms with Crippen molar-refractivity contribution < 1.29 is 4.39 Å². The van der Waals surface area contributed by atoms with E-state index in [1.54, 1.807) is 12.1 Å². The summed E-state index contributed by atoms with van der Waals surface area (Å²) in [6.07, 6.45) is 2.24. The maximum absolute atomic E-state index is 13.2. The molecule has 0 atom stereocenters. The molecule has 94 valence electrons. The van der Waals surface area contributed by atoms with E-state index in [-0.39, 0.29) is 5.82 Å². The van der Waals surface area contributed by atoms with Gasteiger partial charge in [0.05, 0.1) is 5.69 Å². The first-order valence-corrected chi connectivity index (χ1v) is 6.93. The van der Waals surface area contributed by atoms with Crippen LogP contribution >= 0.6 is 15.9 Å². The number of halogens is 2. The Bertz CT molecular complexity index is 376. The van der Waals surface area contributed by atoms with Crippen molar-refractivity contribution >= 4 is 21.6 Å². The molecule has 1 heterocycles. The topological polar surface area (TPSA) is 15.3 Å². The van der Waals surface area contributed by atoms with Crippen LogP contribution in [0.1, 0.15) is 19.8 Å². The average molecular weight is 301 g/mol. The van der Waals surface area contributed by atoms with Crippen LogP contribution in [0.15, 0.2) is 22.7 Å². The van der Waals surface area contributed by atoms with Crippen molar-refractivity contribution in [1.82, 2.24) is 5.32 Å². The first kappa shape index (κ1) is 12.8. The monoisotopic (exact) mass is 300 g/mol. The highest BCUT2D eigenvalue weighted by molar-refractivity contribution is 9.10. The van der Waals surface area contributed by atoms with Crippen LogP contribution in [-0.4, -0.2) is 25.7 Å². The normalized spacial score (nSPS) is 17.5. The van der Waals surface area contributed by atoms with Crippen molar-refractivity contribution in [2.24, 2.45) is 0 Å². The summed E-state index contributed by atoms with van der Waals surface area (Å²) < 4.78 is 14.2. The number of nitrogens with zero attached hydrogens (tertiary/aromatic N) is 1. The zero-order chi connectivity index (χ0) is 12.3. The third kappa shape index (κ3) is 3.19. The largest absolute Gasteiger partial charge is 0.370 e. The summed E-state index contributed by atoms with van der Waals surface area (Å²) in [4.78, 5) is 2.25. The van der Waals surface area contributed by atoms with Gasteiger partial charge in [-0.3, -0.25) is 0 Å². The minimum absolute atomic E-state index is 0.169. The van der Waals surface area contributed by atoms with Crippen LogP contribution in [0.2, 0.25) is 0 Å². The van der Waals surface area contributed by atoms with Gasteiger partial charge in [-0.1, -0.05) is 6.92 Å². The fraction of sp³-hybridized carbons (Fsp3) is 0.538. The van der Waals surface area contributed by atoms with Crippen molar-refractivity contribution in [2.75, 3.05) is 24.5 Å². The summed E-state index contributed by atoms with van der Waals surface area (Å²) in [5.74, 6) is -0.169. The van der Waals surface area contributed by atoms with E-state index >= 15 is 0 Å². The van der Waals surface area contributed by atoms with Crippen molar-refractivity contribution in [3.63, 3.8) is 0 Å². The molecule has 1 aromatic rings. The van der Waals surface area contributed by atoms with E-state index < -0.39 is 0 Å². The van der Waals surface area contributed by atoms with Gasteiger partial charge in [0.2, 0.25) is 0 Å². The Kier molecular flexibility index (Phi) is 4.40. The van der Waals surface area contributed by atoms with Gasteiger partial charge in [0.25, 0.3) is 0 Å². The van der Waals surface area contributed by atoms with E-state index in [1.807, 2.05) is 0 Å². The Hall–Kier alpha value is -0.610. The molecule has 1 aliphatic heterocycles. The number of piperidine rings is 1. The summed E-state index contributed by atoms with van der Waals surface area (Å²) in [5, 5.41) is 3.47. The molecular formula is C13H18BrFN2. The molecule has 1 saturated heterocycles. The lowest BCUT2D eigenvalue weighted by Crippen LogP contribution is -2.42. The zero-order valence-electron chi connectivity index (χ0n) is 10.0. The van der Waals surface area contributed by atoms with E-state index in [2.05, 4.69) is 33.1 Å². The second kappa shape index (κ2) is 5.83. The number of hydrogen-bond donors (Lipinski definition) is 1. The first-order chi connectivity index (χ1) is 8.20. The number of benzene rings is 1. The summed E-state index contributed by atoms with van der Waals surface area (Å²) in [6, 6.07) is 5.49. The summed E-state index contributed by atoms with van der Waals surface area (Å²) in [5.41, 5.74) is 0.972. The predicted octanol–water partition coefficient (Wildman–Crippen LogP) is 3.17. The minimum atomic E-state index is -0.169. The van der Waals surface area contributed by atoms with Gasteiger partial charge in [-0.05, 0) is 53.5 Å². The molecule has 17 heavy (non-hydrogen) atoms. The molecule has 1 aliphatic rings. The lowest BCUT2D eigenvalue weighted by Gasteiger charge is -2.34. The quantitative estimate of drug-likeness (QED) is 0.922. The molecular weight excluding hydrogens is 283 g/mol. The molecule has 0 aromatic heterocycles. The summed E-state index contributed by atoms with van der Waals surface area (Å²) in [7, 11) is 0. The van der Waals surface area contributed by atoms with Crippen LogP contribution in [0.3, 0.4) is 0 Å². The number of anilines is 1. The third-order valence-corrected chi connectivity index (χ3v) is 3.91. The van der Waals surface area contributed by atoms with Crippen LogP contribution < -0.4 is 10.2 Å². The summed E-state index contributed by atoms with van der Waals surface area (Å²) >= 11 is 3.49. The van der Waals surface area contributed by atoms with Gasteiger partial charge in [0.1, 0.15) is 5.82 Å². The van der Waals surface area contributed by atoms with Crippen molar-refractivity contribution in [3.05, 3.63) is 28.5 Å². The zero-order valence-corrected chi connectivity index (χ0v) is 11.6. The van der Waals surface area contributed by atoms with Gasteiger partial charge < -0.3 is 10.2 Å². The maximum Gasteiger partial charge on any atom is 0.125 e. The van der Waals surface area contributed by atoms with Crippen molar-refractivity contribution in [1.29, 1.82) is 0 Å². The molecule has 0 radical (unpaired) electrons. The molecule has 1 fully saturated rings. The molecule has 0 aliphatic carbocycles. The molecule has 0 spiro atoms. The Morgan fingerprint density at radius 3 is 2.76 bits per heavy atom. The first-order valence-electron chi connectivity index (χ1n) is 6.14. The van der Waals surface area contributed by atoms with Crippen LogP contribution in [0, 0.1) is 5.82 Å². The maximum atomic E-state index is 13.2. The molecule has 2 nitrogen and oxygen atoms in total. The second-order valence-corrected chi connectivity index (χ2v) is 5.27. The van der Waals surface area contributed by atoms with Crippen LogP contribution in [0.25, 0.3) is 0 Å². The van der Waals surface area contributed by atoms with Crippen molar-refractivity contribution in [2.45, 2.75) is 25.8 Å². The molecule has 1 aromatic carbocycles. The van der Waals surface area contributed by atoms with Gasteiger partial charge in [-0.25, -0.2) is 4.39 Å². The molecule has 2 rings (SSSR count). The Balaban J connectivity index is 2.02. The van der Waals surface area contributed by atoms with E-state index in [0.29, 0.717) is 6.04 Å². The van der Waals surface area contributed by atoms with E-state index in [9.17, 15) is 4.39 Å². The Morgan fingerprint density at radius 2 is 2.12 bits per heavy atom. The minimum Gasteiger partial charge on any atom is -0.370 e. The highest BCUT2D eigenvalue weighted by atomic mass is 79.9. The SMILES string of the molecule is CCNC1CCN(c2cc(F)ccc2Br)CC1. The van der Waals surface area contributed by atoms with Gasteiger partial charge in [0.15, 0.2) is 0 Å². The van der Waals surface area contributed by atoms with E-state index in [0.717, 1.165) is 42.6 Å². The molecule has 0 bridgehead atoms. The smallest absolute Gasteiger partial charge is 0.125 e. The highest BCUT2D eigenvalue weighted by Crippen LogP contribution is 2.29. The average Bonchev–Trinajstić information content (AvgIpc) is 2.34. The van der Waals surface area contributed by atoms with E-state index in [4.69, 9.17) is 0 Å². The highest BCUT2D eigenvalue weighted by Gasteiger charge is 2.20. The lowest BCUT2D eigenvalue weighted by molar-refractivity contribution is 0.423. The van der Waals surface area contributed by atoms with Gasteiger partial charge in [0, 0.05) is 23.6 Å². The second-order valence-electron chi connectivity index (χ2n) is 4.41. The fourth-order valence-electron chi connectivity index (χ4n) is 2.34. The molecule has 0 amide bonds. The predicted molar refractivity (Wildman–Crippen MR) is 73.0 cm³/mol. The Morgan fingerprint density at radius 1 is 1.41 bits per heavy atom. The molecule has 0 unspecified atom stereocenters. The number of rotatable bonds is 3. The molecule has 4 heteroatoms. The Labute approximate surface area is 110 Å². The number of nitrogens with one attached hydrogen (secondary N) is 1. The van der Waals surface area contributed by atoms with Gasteiger partial charge >= 0.3 is 0 Å². The van der Waals surface area contributed by atoms with Gasteiger partial charge in [-0.15, -0.1) is 0 Å². The van der Waals surface area contributed by atoms with E-state index in [1.165, 1.54) is 6.07 Å². The van der Waals surface area contributed by atoms with Crippen LogP contribution in [0.4, 0.5) is 10.1 Å². The van der Waals surface area contributed by atoms with Crippen LogP contribution in [-0.2, 0) is 0 Å². The van der Waals surface area contributed by atoms with Gasteiger partial charge in [-0.2, -0.15) is 0 Å². The van der Waals surface area contributed by atoms with Crippen molar-refractivity contribution in [3.8, 4) is 0 Å². The lowest BCUT2D eigenvalue weighted by atomic mass is 10.0.